The van der Waals surface area contributed by atoms with Gasteiger partial charge in [0.05, 0.1) is 17.1 Å². The van der Waals surface area contributed by atoms with Gasteiger partial charge in [0, 0.05) is 52.2 Å². The summed E-state index contributed by atoms with van der Waals surface area (Å²) in [5.74, 6) is 2.34. The number of pyridine rings is 1. The van der Waals surface area contributed by atoms with Gasteiger partial charge < -0.3 is 14.8 Å². The molecule has 0 unspecified atom stereocenters. The molecule has 1 fully saturated rings. The summed E-state index contributed by atoms with van der Waals surface area (Å²) in [6, 6.07) is 4.16. The Morgan fingerprint density at radius 2 is 1.77 bits per heavy atom. The van der Waals surface area contributed by atoms with E-state index >= 15 is 0 Å². The molecule has 1 saturated heterocycles. The van der Waals surface area contributed by atoms with E-state index in [2.05, 4.69) is 42.6 Å². The van der Waals surface area contributed by atoms with Crippen molar-refractivity contribution in [3.8, 4) is 11.4 Å². The lowest BCUT2D eigenvalue weighted by molar-refractivity contribution is 0.132. The fraction of sp³-hybridized carbons (Fsp3) is 0.478. The van der Waals surface area contributed by atoms with Crippen LogP contribution in [0.3, 0.4) is 0 Å². The molecule has 31 heavy (non-hydrogen) atoms. The number of nitrogens with zero attached hydrogens (tertiary/aromatic N) is 7. The number of imidazole rings is 1. The molecular formula is C23H30N8. The number of likely N-dealkylation sites (N-methyl/N-ethyl adjacent to an activating group) is 1. The van der Waals surface area contributed by atoms with Gasteiger partial charge in [-0.1, -0.05) is 13.0 Å². The van der Waals surface area contributed by atoms with Crippen LogP contribution in [0.25, 0.3) is 11.4 Å². The highest BCUT2D eigenvalue weighted by molar-refractivity contribution is 5.67. The number of nitrogens with one attached hydrogen (secondary N) is 1. The topological polar surface area (TPSA) is 75.0 Å². The molecule has 4 heterocycles. The van der Waals surface area contributed by atoms with E-state index in [0.717, 1.165) is 80.8 Å². The van der Waals surface area contributed by atoms with E-state index in [-0.39, 0.29) is 0 Å². The fourth-order valence-corrected chi connectivity index (χ4v) is 4.48. The average Bonchev–Trinajstić information content (AvgIpc) is 3.09. The predicted octanol–water partition coefficient (Wildman–Crippen LogP) is 2.56. The Morgan fingerprint density at radius 3 is 2.52 bits per heavy atom. The monoisotopic (exact) mass is 418 g/mol. The fourth-order valence-electron chi connectivity index (χ4n) is 4.48. The molecule has 8 nitrogen and oxygen atoms in total. The van der Waals surface area contributed by atoms with E-state index in [4.69, 9.17) is 9.97 Å². The number of anilines is 2. The molecule has 2 aliphatic rings. The van der Waals surface area contributed by atoms with Crippen LogP contribution in [0.4, 0.5) is 11.8 Å². The second-order valence-corrected chi connectivity index (χ2v) is 8.47. The molecule has 3 aromatic rings. The second kappa shape index (κ2) is 8.36. The van der Waals surface area contributed by atoms with E-state index in [1.165, 1.54) is 11.1 Å². The Bertz CT molecular complexity index is 1060. The molecule has 0 amide bonds. The number of hydrogen-bond acceptors (Lipinski definition) is 7. The van der Waals surface area contributed by atoms with Crippen LogP contribution in [0.1, 0.15) is 29.6 Å². The smallest absolute Gasteiger partial charge is 0.228 e. The van der Waals surface area contributed by atoms with Gasteiger partial charge in [-0.2, -0.15) is 0 Å². The van der Waals surface area contributed by atoms with Gasteiger partial charge in [-0.05, 0) is 43.5 Å². The average molecular weight is 419 g/mol. The van der Waals surface area contributed by atoms with Crippen LogP contribution in [0.2, 0.25) is 0 Å². The summed E-state index contributed by atoms with van der Waals surface area (Å²) in [5, 5.41) is 3.27. The maximum atomic E-state index is 4.82. The van der Waals surface area contributed by atoms with Crippen molar-refractivity contribution >= 4 is 11.8 Å². The Labute approximate surface area is 183 Å². The Morgan fingerprint density at radius 1 is 0.968 bits per heavy atom. The first-order valence-electron chi connectivity index (χ1n) is 11.2. The Balaban J connectivity index is 1.28. The van der Waals surface area contributed by atoms with Gasteiger partial charge in [0.15, 0.2) is 0 Å². The standard InChI is InChI=1S/C23H30N8/c1-4-30-9-11-31(12-10-30)15-17-5-8-20(24-13-17)27-23-25-14-18-6-7-19-22(21(18)28-23)29(3)16(2)26-19/h5,8,13-14H,4,6-7,9-12,15H2,1-3H3,(H,24,25,27,28). The molecule has 1 N–H and O–H groups in total. The van der Waals surface area contributed by atoms with Crippen molar-refractivity contribution in [1.82, 2.24) is 34.3 Å². The van der Waals surface area contributed by atoms with Crippen LogP contribution < -0.4 is 5.32 Å². The number of piperazine rings is 1. The summed E-state index contributed by atoms with van der Waals surface area (Å²) >= 11 is 0. The molecule has 0 aromatic carbocycles. The van der Waals surface area contributed by atoms with E-state index in [1.807, 2.05) is 32.4 Å². The highest BCUT2D eigenvalue weighted by Crippen LogP contribution is 2.32. The third-order valence-corrected chi connectivity index (χ3v) is 6.49. The summed E-state index contributed by atoms with van der Waals surface area (Å²) in [6.07, 6.45) is 5.75. The molecule has 5 rings (SSSR count). The SMILES string of the molecule is CCN1CCN(Cc2ccc(Nc3ncc4c(n3)-c3c(nc(C)n3C)CC4)nc2)CC1. The quantitative estimate of drug-likeness (QED) is 0.682. The summed E-state index contributed by atoms with van der Waals surface area (Å²) < 4.78 is 2.12. The third kappa shape index (κ3) is 4.05. The molecular weight excluding hydrogens is 388 g/mol. The van der Waals surface area contributed by atoms with Crippen molar-refractivity contribution in [2.45, 2.75) is 33.2 Å². The summed E-state index contributed by atoms with van der Waals surface area (Å²) in [4.78, 5) is 23.6. The summed E-state index contributed by atoms with van der Waals surface area (Å²) in [5.41, 5.74) is 5.61. The van der Waals surface area contributed by atoms with E-state index in [9.17, 15) is 0 Å². The minimum absolute atomic E-state index is 0.571. The van der Waals surface area contributed by atoms with Gasteiger partial charge in [0.25, 0.3) is 0 Å². The minimum Gasteiger partial charge on any atom is -0.330 e. The van der Waals surface area contributed by atoms with E-state index < -0.39 is 0 Å². The number of rotatable bonds is 5. The van der Waals surface area contributed by atoms with Crippen LogP contribution in [0.15, 0.2) is 24.5 Å². The lowest BCUT2D eigenvalue weighted by Crippen LogP contribution is -2.45. The molecule has 0 atom stereocenters. The molecule has 3 aromatic heterocycles. The zero-order valence-corrected chi connectivity index (χ0v) is 18.6. The first-order valence-corrected chi connectivity index (χ1v) is 11.2. The lowest BCUT2D eigenvalue weighted by atomic mass is 9.98. The molecule has 0 saturated carbocycles. The Kier molecular flexibility index (Phi) is 5.41. The molecule has 162 valence electrons. The molecule has 1 aliphatic heterocycles. The second-order valence-electron chi connectivity index (χ2n) is 8.47. The molecule has 8 heteroatoms. The van der Waals surface area contributed by atoms with Crippen molar-refractivity contribution in [1.29, 1.82) is 0 Å². The first kappa shape index (κ1) is 20.1. The zero-order chi connectivity index (χ0) is 21.4. The van der Waals surface area contributed by atoms with Gasteiger partial charge in [-0.25, -0.2) is 19.9 Å². The molecule has 0 bridgehead atoms. The van der Waals surface area contributed by atoms with Gasteiger partial charge in [0.1, 0.15) is 11.6 Å². The van der Waals surface area contributed by atoms with E-state index in [0.29, 0.717) is 5.95 Å². The molecule has 0 spiro atoms. The van der Waals surface area contributed by atoms with Crippen LogP contribution in [0.5, 0.6) is 0 Å². The minimum atomic E-state index is 0.571. The largest absolute Gasteiger partial charge is 0.330 e. The van der Waals surface area contributed by atoms with Crippen molar-refractivity contribution in [3.05, 3.63) is 47.2 Å². The third-order valence-electron chi connectivity index (χ3n) is 6.49. The Hall–Kier alpha value is -2.84. The predicted molar refractivity (Wildman–Crippen MR) is 121 cm³/mol. The number of aryl methyl sites for hydroxylation is 3. The van der Waals surface area contributed by atoms with Crippen molar-refractivity contribution in [2.24, 2.45) is 7.05 Å². The maximum absolute atomic E-state index is 4.82. The van der Waals surface area contributed by atoms with Crippen LogP contribution in [-0.2, 0) is 26.4 Å². The van der Waals surface area contributed by atoms with Crippen LogP contribution >= 0.6 is 0 Å². The van der Waals surface area contributed by atoms with E-state index in [1.54, 1.807) is 0 Å². The molecule has 0 radical (unpaired) electrons. The zero-order valence-electron chi connectivity index (χ0n) is 18.6. The lowest BCUT2D eigenvalue weighted by Gasteiger charge is -2.33. The summed E-state index contributed by atoms with van der Waals surface area (Å²) in [7, 11) is 2.05. The van der Waals surface area contributed by atoms with Gasteiger partial charge in [0.2, 0.25) is 5.95 Å². The highest BCUT2D eigenvalue weighted by atomic mass is 15.3. The molecule has 1 aliphatic carbocycles. The van der Waals surface area contributed by atoms with Gasteiger partial charge >= 0.3 is 0 Å². The van der Waals surface area contributed by atoms with Gasteiger partial charge in [-0.3, -0.25) is 4.90 Å². The number of aromatic nitrogens is 5. The highest BCUT2D eigenvalue weighted by Gasteiger charge is 2.24. The van der Waals surface area contributed by atoms with Gasteiger partial charge in [-0.15, -0.1) is 0 Å². The van der Waals surface area contributed by atoms with Crippen molar-refractivity contribution in [2.75, 3.05) is 38.0 Å². The number of fused-ring (bicyclic) bond motifs is 3. The maximum Gasteiger partial charge on any atom is 0.228 e. The number of hydrogen-bond donors (Lipinski definition) is 1. The van der Waals surface area contributed by atoms with Crippen LogP contribution in [-0.4, -0.2) is 67.0 Å². The first-order chi connectivity index (χ1) is 15.1. The summed E-state index contributed by atoms with van der Waals surface area (Å²) in [6.45, 7) is 10.9. The van der Waals surface area contributed by atoms with Crippen molar-refractivity contribution in [3.63, 3.8) is 0 Å². The van der Waals surface area contributed by atoms with Crippen LogP contribution in [0, 0.1) is 6.92 Å². The normalized spacial score (nSPS) is 16.7. The van der Waals surface area contributed by atoms with Crippen molar-refractivity contribution < 1.29 is 0 Å².